The average Bonchev–Trinajstić information content (AvgIpc) is 2.77. The summed E-state index contributed by atoms with van der Waals surface area (Å²) >= 11 is 0. The molecule has 0 saturated carbocycles. The third kappa shape index (κ3) is 24.3. The van der Waals surface area contributed by atoms with Crippen LogP contribution in [0.4, 0.5) is 11.4 Å². The summed E-state index contributed by atoms with van der Waals surface area (Å²) in [5, 5.41) is 20.0. The van der Waals surface area contributed by atoms with E-state index in [9.17, 15) is 26.7 Å². The number of halogens is 1. The highest BCUT2D eigenvalue weighted by atomic mass is 35.7. The molecule has 2 aromatic rings. The Balaban J connectivity index is 0. The molecule has 17 heteroatoms. The van der Waals surface area contributed by atoms with E-state index in [-0.39, 0.29) is 6.41 Å². The van der Waals surface area contributed by atoms with E-state index in [0.29, 0.717) is 0 Å². The molecule has 14 nitrogen and oxygen atoms in total. The van der Waals surface area contributed by atoms with Crippen molar-refractivity contribution < 1.29 is 40.6 Å². The number of aliphatic hydroxyl groups is 1. The molecule has 0 bridgehead atoms. The number of amides is 1. The number of anilines is 2. The summed E-state index contributed by atoms with van der Waals surface area (Å²) in [5.74, 6) is 0. The standard InChI is InChI=1S/C12H19N3O4S.C7H10N2.C4H10O.CH2ClNO3S/c1-12(2,3)19-11(16)13-20(17,18)15-8-6-10(7-9-15)14(4)5;1-9(2)7-3-5-8-6-4-7;1-4(2,3)5;2-7(5,6)3-1-4/h6-9H,1-5H3;3-6H,1-2H3;5H,1-3H3;1H,(H,3,4). The van der Waals surface area contributed by atoms with E-state index in [1.807, 2.05) is 50.1 Å². The van der Waals surface area contributed by atoms with Crippen LogP contribution in [0.5, 0.6) is 0 Å². The van der Waals surface area contributed by atoms with Gasteiger partial charge in [0, 0.05) is 80.4 Å². The van der Waals surface area contributed by atoms with E-state index < -0.39 is 36.7 Å². The van der Waals surface area contributed by atoms with Gasteiger partial charge in [-0.2, -0.15) is 8.42 Å². The van der Waals surface area contributed by atoms with Gasteiger partial charge in [0.25, 0.3) is 0 Å². The molecule has 0 aliphatic carbocycles. The van der Waals surface area contributed by atoms with Crippen LogP contribution in [-0.4, -0.2) is 78.8 Å². The van der Waals surface area contributed by atoms with E-state index in [4.69, 9.17) is 9.84 Å². The molecule has 0 unspecified atom stereocenters. The summed E-state index contributed by atoms with van der Waals surface area (Å²) in [5.41, 5.74) is 0.717. The second-order valence-electron chi connectivity index (χ2n) is 10.3. The molecule has 2 rings (SSSR count). The SMILES string of the molecule is CC(C)(C)O.CN(C)c1cc[n+](S(=O)(=O)N=C([O-])OC(C)(C)C)cc1.CN(C)c1ccncc1.O=CNS(=O)(=O)Cl. The minimum atomic E-state index is -4.13. The number of hydrogen-bond acceptors (Lipinski definition) is 11. The van der Waals surface area contributed by atoms with Gasteiger partial charge in [-0.05, 0) is 32.9 Å². The number of carbonyl (C=O) groups is 1. The van der Waals surface area contributed by atoms with Crippen molar-refractivity contribution >= 4 is 54.0 Å². The Morgan fingerprint density at radius 1 is 0.976 bits per heavy atom. The zero-order valence-corrected chi connectivity index (χ0v) is 27.3. The van der Waals surface area contributed by atoms with Crippen molar-refractivity contribution in [2.24, 2.45) is 4.40 Å². The number of aromatic nitrogens is 2. The molecular formula is C24H41ClN6O8S2. The largest absolute Gasteiger partial charge is 0.594 e. The van der Waals surface area contributed by atoms with Crippen molar-refractivity contribution in [2.45, 2.75) is 52.7 Å². The number of rotatable bonds is 6. The van der Waals surface area contributed by atoms with Gasteiger partial charge in [0.15, 0.2) is 18.5 Å². The molecule has 2 N–H and O–H groups in total. The summed E-state index contributed by atoms with van der Waals surface area (Å²) in [6.07, 6.45) is 5.06. The first-order chi connectivity index (χ1) is 18.4. The lowest BCUT2D eigenvalue weighted by molar-refractivity contribution is -0.511. The monoisotopic (exact) mass is 640 g/mol. The number of ether oxygens (including phenoxy) is 1. The Morgan fingerprint density at radius 3 is 1.63 bits per heavy atom. The van der Waals surface area contributed by atoms with Crippen LogP contribution in [0.15, 0.2) is 53.5 Å². The fourth-order valence-corrected chi connectivity index (χ4v) is 2.95. The van der Waals surface area contributed by atoms with Crippen LogP contribution in [0, 0.1) is 0 Å². The normalized spacial score (nSPS) is 11.7. The van der Waals surface area contributed by atoms with Crippen LogP contribution in [-0.2, 0) is 29.0 Å². The van der Waals surface area contributed by atoms with Gasteiger partial charge in [-0.15, -0.1) is 8.42 Å². The number of nitrogens with one attached hydrogen (secondary N) is 1. The van der Waals surface area contributed by atoms with E-state index in [1.54, 1.807) is 66.1 Å². The fraction of sp³-hybridized carbons (Fsp3) is 0.500. The van der Waals surface area contributed by atoms with Crippen molar-refractivity contribution in [3.05, 3.63) is 49.1 Å². The van der Waals surface area contributed by atoms with Gasteiger partial charge < -0.3 is 24.7 Å². The lowest BCUT2D eigenvalue weighted by atomic mass is 10.2. The van der Waals surface area contributed by atoms with Crippen LogP contribution in [0.25, 0.3) is 0 Å². The predicted octanol–water partition coefficient (Wildman–Crippen LogP) is 0.805. The topological polar surface area (TPSA) is 186 Å². The molecule has 0 aromatic carbocycles. The highest BCUT2D eigenvalue weighted by molar-refractivity contribution is 8.12. The molecule has 234 valence electrons. The Labute approximate surface area is 248 Å². The Hall–Kier alpha value is -3.21. The molecular weight excluding hydrogens is 600 g/mol. The van der Waals surface area contributed by atoms with Crippen LogP contribution in [0.1, 0.15) is 41.5 Å². The molecule has 0 aliphatic heterocycles. The van der Waals surface area contributed by atoms with Gasteiger partial charge in [0.05, 0.1) is 5.60 Å². The molecule has 41 heavy (non-hydrogen) atoms. The van der Waals surface area contributed by atoms with Crippen LogP contribution in [0.2, 0.25) is 0 Å². The first-order valence-corrected chi connectivity index (χ1v) is 15.4. The minimum Gasteiger partial charge on any atom is -0.594 e. The zero-order chi connectivity index (χ0) is 32.7. The molecule has 0 atom stereocenters. The summed E-state index contributed by atoms with van der Waals surface area (Å²) in [6.45, 7) is 10.1. The quantitative estimate of drug-likeness (QED) is 0.150. The van der Waals surface area contributed by atoms with E-state index >= 15 is 0 Å². The number of carbonyl (C=O) groups excluding carboxylic acids is 1. The molecule has 0 spiro atoms. The molecule has 0 fully saturated rings. The zero-order valence-electron chi connectivity index (χ0n) is 24.9. The molecule has 2 aromatic heterocycles. The smallest absolute Gasteiger partial charge is 0.493 e. The molecule has 0 saturated heterocycles. The Morgan fingerprint density at radius 2 is 1.37 bits per heavy atom. The molecule has 2 heterocycles. The van der Waals surface area contributed by atoms with Crippen molar-refractivity contribution in [1.29, 1.82) is 0 Å². The average molecular weight is 641 g/mol. The third-order valence-corrected chi connectivity index (χ3v) is 5.32. The lowest BCUT2D eigenvalue weighted by Crippen LogP contribution is -2.43. The summed E-state index contributed by atoms with van der Waals surface area (Å²) in [6, 6.07) is 7.14. The Bertz CT molecular complexity index is 1270. The van der Waals surface area contributed by atoms with Crippen LogP contribution < -0.4 is 23.6 Å². The van der Waals surface area contributed by atoms with Gasteiger partial charge >= 0.3 is 19.4 Å². The maximum atomic E-state index is 11.9. The predicted molar refractivity (Wildman–Crippen MR) is 158 cm³/mol. The van der Waals surface area contributed by atoms with Crippen LogP contribution >= 0.6 is 10.7 Å². The fourth-order valence-electron chi connectivity index (χ4n) is 1.98. The molecule has 0 aliphatic rings. The van der Waals surface area contributed by atoms with Crippen LogP contribution in [0.3, 0.4) is 0 Å². The Kier molecular flexibility index (Phi) is 17.1. The number of hydrogen-bond donors (Lipinski definition) is 2. The van der Waals surface area contributed by atoms with E-state index in [1.165, 1.54) is 22.8 Å². The van der Waals surface area contributed by atoms with Gasteiger partial charge in [0.1, 0.15) is 0 Å². The highest BCUT2D eigenvalue weighted by Crippen LogP contribution is 2.08. The first kappa shape index (κ1) is 39.9. The second kappa shape index (κ2) is 17.6. The van der Waals surface area contributed by atoms with Gasteiger partial charge in [-0.1, -0.05) is 29.1 Å². The maximum absolute atomic E-state index is 11.9. The lowest BCUT2D eigenvalue weighted by Gasteiger charge is -2.28. The summed E-state index contributed by atoms with van der Waals surface area (Å²) < 4.78 is 53.2. The maximum Gasteiger partial charge on any atom is 0.493 e. The summed E-state index contributed by atoms with van der Waals surface area (Å²) in [4.78, 5) is 17.0. The first-order valence-electron chi connectivity index (χ1n) is 11.7. The van der Waals surface area contributed by atoms with E-state index in [0.717, 1.165) is 9.66 Å². The van der Waals surface area contributed by atoms with Crippen molar-refractivity contribution in [2.75, 3.05) is 38.0 Å². The highest BCUT2D eigenvalue weighted by Gasteiger charge is 2.21. The van der Waals surface area contributed by atoms with E-state index in [2.05, 4.69) is 20.1 Å². The van der Waals surface area contributed by atoms with Gasteiger partial charge in [-0.3, -0.25) is 9.78 Å². The van der Waals surface area contributed by atoms with Crippen molar-refractivity contribution in [3.8, 4) is 0 Å². The number of pyridine rings is 2. The molecule has 1 amide bonds. The summed E-state index contributed by atoms with van der Waals surface area (Å²) in [7, 11) is 4.20. The van der Waals surface area contributed by atoms with Gasteiger partial charge in [-0.25, -0.2) is 4.72 Å². The van der Waals surface area contributed by atoms with Crippen molar-refractivity contribution in [1.82, 2.24) is 9.71 Å². The minimum absolute atomic E-state index is 0.0116. The van der Waals surface area contributed by atoms with Gasteiger partial charge in [0.2, 0.25) is 6.41 Å². The molecule has 0 radical (unpaired) electrons. The second-order valence-corrected chi connectivity index (χ2v) is 14.1. The van der Waals surface area contributed by atoms with Crippen molar-refractivity contribution in [3.63, 3.8) is 0 Å². The number of nitrogens with zero attached hydrogens (tertiary/aromatic N) is 5. The third-order valence-electron chi connectivity index (χ3n) is 3.52.